The quantitative estimate of drug-likeness (QED) is 0.321. The zero-order valence-corrected chi connectivity index (χ0v) is 17.3. The molecule has 4 N–H and O–H groups in total. The molecule has 0 bridgehead atoms. The minimum absolute atomic E-state index is 0.268. The highest BCUT2D eigenvalue weighted by Crippen LogP contribution is 2.28. The van der Waals surface area contributed by atoms with Gasteiger partial charge in [0.15, 0.2) is 18.1 Å². The summed E-state index contributed by atoms with van der Waals surface area (Å²) in [7, 11) is 0. The number of rotatable bonds is 8. The van der Waals surface area contributed by atoms with Gasteiger partial charge in [0.2, 0.25) is 0 Å². The van der Waals surface area contributed by atoms with Crippen molar-refractivity contribution in [2.24, 2.45) is 10.8 Å². The zero-order chi connectivity index (χ0) is 22.1. The van der Waals surface area contributed by atoms with Crippen LogP contribution >= 0.6 is 23.2 Å². The summed E-state index contributed by atoms with van der Waals surface area (Å²) < 4.78 is 10.7. The van der Waals surface area contributed by atoms with E-state index in [1.807, 2.05) is 0 Å². The van der Waals surface area contributed by atoms with Gasteiger partial charge in [-0.15, -0.1) is 0 Å². The zero-order valence-electron chi connectivity index (χ0n) is 15.8. The molecule has 0 aromatic heterocycles. The van der Waals surface area contributed by atoms with Crippen LogP contribution in [0.1, 0.15) is 12.5 Å². The summed E-state index contributed by atoms with van der Waals surface area (Å²) in [6.45, 7) is 1.85. The van der Waals surface area contributed by atoms with Crippen molar-refractivity contribution in [1.82, 2.24) is 5.43 Å². The van der Waals surface area contributed by atoms with E-state index in [0.717, 1.165) is 0 Å². The Bertz CT molecular complexity index is 961. The highest BCUT2D eigenvalue weighted by Gasteiger charge is 2.13. The normalized spacial score (nSPS) is 10.5. The van der Waals surface area contributed by atoms with Gasteiger partial charge in [0.1, 0.15) is 0 Å². The van der Waals surface area contributed by atoms with Gasteiger partial charge in [-0.25, -0.2) is 5.43 Å². The Kier molecular flexibility index (Phi) is 8.45. The number of ether oxygens (including phenoxy) is 2. The van der Waals surface area contributed by atoms with Crippen LogP contribution < -0.4 is 25.9 Å². The first-order valence-corrected chi connectivity index (χ1v) is 9.32. The molecule has 2 aromatic rings. The number of amides is 3. The van der Waals surface area contributed by atoms with E-state index in [4.69, 9.17) is 38.4 Å². The number of nitrogens with one attached hydrogen (secondary N) is 2. The number of nitrogens with two attached hydrogens (primary N) is 1. The molecule has 0 saturated carbocycles. The minimum atomic E-state index is -0.992. The van der Waals surface area contributed by atoms with Gasteiger partial charge in [0.25, 0.3) is 5.91 Å². The van der Waals surface area contributed by atoms with Crippen molar-refractivity contribution >= 4 is 52.8 Å². The summed E-state index contributed by atoms with van der Waals surface area (Å²) in [6, 6.07) is 9.14. The van der Waals surface area contributed by atoms with E-state index in [2.05, 4.69) is 15.8 Å². The molecule has 30 heavy (non-hydrogen) atoms. The van der Waals surface area contributed by atoms with E-state index >= 15 is 0 Å². The smallest absolute Gasteiger partial charge is 0.329 e. The van der Waals surface area contributed by atoms with Crippen LogP contribution in [0.25, 0.3) is 0 Å². The van der Waals surface area contributed by atoms with E-state index < -0.39 is 17.7 Å². The fourth-order valence-electron chi connectivity index (χ4n) is 2.17. The Morgan fingerprint density at radius 1 is 1.03 bits per heavy atom. The molecule has 2 aromatic carbocycles. The maximum Gasteiger partial charge on any atom is 0.329 e. The second kappa shape index (κ2) is 11.0. The molecule has 0 unspecified atom stereocenters. The van der Waals surface area contributed by atoms with Crippen molar-refractivity contribution in [3.8, 4) is 11.5 Å². The number of hydrazone groups is 1. The summed E-state index contributed by atoms with van der Waals surface area (Å²) >= 11 is 11.7. The molecule has 0 atom stereocenters. The molecule has 0 aliphatic carbocycles. The predicted molar refractivity (Wildman–Crippen MR) is 113 cm³/mol. The second-order valence-electron chi connectivity index (χ2n) is 5.71. The van der Waals surface area contributed by atoms with E-state index in [0.29, 0.717) is 33.7 Å². The van der Waals surface area contributed by atoms with Crippen LogP contribution in [0.2, 0.25) is 10.0 Å². The molecule has 0 saturated heterocycles. The number of benzene rings is 2. The molecule has 9 nitrogen and oxygen atoms in total. The van der Waals surface area contributed by atoms with Crippen LogP contribution in [0.4, 0.5) is 5.69 Å². The maximum absolute atomic E-state index is 11.9. The van der Waals surface area contributed by atoms with Crippen LogP contribution in [0.5, 0.6) is 11.5 Å². The summed E-state index contributed by atoms with van der Waals surface area (Å²) in [4.78, 5) is 34.7. The van der Waals surface area contributed by atoms with Gasteiger partial charge in [-0.1, -0.05) is 23.2 Å². The standard InChI is InChI=1S/C19H18Cl2N4O5/c1-2-29-16-5-11(3-4-15(16)30-10-17(22)26)9-23-25-19(28)18(27)24-14-7-12(20)6-13(21)8-14/h3-9H,2,10H2,1H3,(H2,22,26)(H,24,27)(H,25,28)/b23-9+. The van der Waals surface area contributed by atoms with Gasteiger partial charge in [0.05, 0.1) is 12.8 Å². The Morgan fingerprint density at radius 3 is 2.37 bits per heavy atom. The first-order chi connectivity index (χ1) is 14.3. The van der Waals surface area contributed by atoms with Crippen molar-refractivity contribution in [2.75, 3.05) is 18.5 Å². The number of hydrogen-bond acceptors (Lipinski definition) is 6. The number of carbonyl (C=O) groups is 3. The molecule has 0 fully saturated rings. The van der Waals surface area contributed by atoms with E-state index in [1.165, 1.54) is 24.4 Å². The third-order valence-electron chi connectivity index (χ3n) is 3.34. The van der Waals surface area contributed by atoms with Crippen molar-refractivity contribution < 1.29 is 23.9 Å². The third kappa shape index (κ3) is 7.26. The molecule has 2 rings (SSSR count). The molecular weight excluding hydrogens is 435 g/mol. The highest BCUT2D eigenvalue weighted by atomic mass is 35.5. The van der Waals surface area contributed by atoms with Gasteiger partial charge in [-0.05, 0) is 48.9 Å². The molecule has 0 spiro atoms. The first kappa shape index (κ1) is 23.0. The molecule has 0 aliphatic rings. The molecule has 0 heterocycles. The van der Waals surface area contributed by atoms with Gasteiger partial charge in [-0.2, -0.15) is 5.10 Å². The molecule has 0 aliphatic heterocycles. The lowest BCUT2D eigenvalue weighted by atomic mass is 10.2. The molecule has 11 heteroatoms. The van der Waals surface area contributed by atoms with Crippen LogP contribution in [-0.4, -0.2) is 37.1 Å². The average molecular weight is 453 g/mol. The largest absolute Gasteiger partial charge is 0.490 e. The number of nitrogens with zero attached hydrogens (tertiary/aromatic N) is 1. The highest BCUT2D eigenvalue weighted by molar-refractivity contribution is 6.40. The summed E-state index contributed by atoms with van der Waals surface area (Å²) in [5.74, 6) is -1.87. The van der Waals surface area contributed by atoms with Crippen molar-refractivity contribution in [3.05, 3.63) is 52.0 Å². The predicted octanol–water partition coefficient (Wildman–Crippen LogP) is 2.34. The van der Waals surface area contributed by atoms with Gasteiger partial charge in [-0.3, -0.25) is 14.4 Å². The van der Waals surface area contributed by atoms with Crippen LogP contribution in [-0.2, 0) is 14.4 Å². The Labute approximate surface area is 182 Å². The Hall–Kier alpha value is -3.30. The summed E-state index contributed by atoms with van der Waals surface area (Å²) in [5, 5.41) is 6.72. The Balaban J connectivity index is 1.99. The Morgan fingerprint density at radius 2 is 1.73 bits per heavy atom. The average Bonchev–Trinajstić information content (AvgIpc) is 2.66. The lowest BCUT2D eigenvalue weighted by Crippen LogP contribution is -2.32. The lowest BCUT2D eigenvalue weighted by Gasteiger charge is -2.11. The molecule has 158 valence electrons. The topological polar surface area (TPSA) is 132 Å². The number of halogens is 2. The third-order valence-corrected chi connectivity index (χ3v) is 3.78. The monoisotopic (exact) mass is 452 g/mol. The van der Waals surface area contributed by atoms with Crippen LogP contribution in [0, 0.1) is 0 Å². The summed E-state index contributed by atoms with van der Waals surface area (Å²) in [6.07, 6.45) is 1.31. The molecule has 3 amide bonds. The van der Waals surface area contributed by atoms with Gasteiger partial charge >= 0.3 is 11.8 Å². The van der Waals surface area contributed by atoms with Gasteiger partial charge in [0, 0.05) is 15.7 Å². The van der Waals surface area contributed by atoms with Gasteiger partial charge < -0.3 is 20.5 Å². The SMILES string of the molecule is CCOc1cc(/C=N/NC(=O)C(=O)Nc2cc(Cl)cc(Cl)c2)ccc1OCC(N)=O. The van der Waals surface area contributed by atoms with Crippen LogP contribution in [0.3, 0.4) is 0 Å². The fourth-order valence-corrected chi connectivity index (χ4v) is 2.70. The van der Waals surface area contributed by atoms with Crippen molar-refractivity contribution in [3.63, 3.8) is 0 Å². The number of primary amides is 1. The summed E-state index contributed by atoms with van der Waals surface area (Å²) in [5.41, 5.74) is 7.99. The molecular formula is C19H18Cl2N4O5. The van der Waals surface area contributed by atoms with E-state index in [1.54, 1.807) is 25.1 Å². The lowest BCUT2D eigenvalue weighted by molar-refractivity contribution is -0.136. The van der Waals surface area contributed by atoms with Crippen LogP contribution in [0.15, 0.2) is 41.5 Å². The van der Waals surface area contributed by atoms with E-state index in [-0.39, 0.29) is 12.3 Å². The maximum atomic E-state index is 11.9. The number of hydrogen-bond donors (Lipinski definition) is 3. The fraction of sp³-hybridized carbons (Fsp3) is 0.158. The molecule has 0 radical (unpaired) electrons. The number of carbonyl (C=O) groups excluding carboxylic acids is 3. The minimum Gasteiger partial charge on any atom is -0.490 e. The van der Waals surface area contributed by atoms with Crippen molar-refractivity contribution in [2.45, 2.75) is 6.92 Å². The second-order valence-corrected chi connectivity index (χ2v) is 6.58. The van der Waals surface area contributed by atoms with E-state index in [9.17, 15) is 14.4 Å². The first-order valence-electron chi connectivity index (χ1n) is 8.57. The number of anilines is 1. The van der Waals surface area contributed by atoms with Crippen molar-refractivity contribution in [1.29, 1.82) is 0 Å².